The number of rotatable bonds is 5. The zero-order chi connectivity index (χ0) is 15.6. The Bertz CT molecular complexity index is 344. The van der Waals surface area contributed by atoms with Crippen molar-refractivity contribution in [3.05, 3.63) is 0 Å². The van der Waals surface area contributed by atoms with Crippen LogP contribution in [0.5, 0.6) is 0 Å². The molecule has 22 heavy (non-hydrogen) atoms. The van der Waals surface area contributed by atoms with Crippen LogP contribution in [0.1, 0.15) is 78.6 Å². The Kier molecular flexibility index (Phi) is 5.50. The van der Waals surface area contributed by atoms with E-state index in [4.69, 9.17) is 0 Å². The van der Waals surface area contributed by atoms with Crippen LogP contribution in [0.25, 0.3) is 0 Å². The summed E-state index contributed by atoms with van der Waals surface area (Å²) in [5.41, 5.74) is 0.620. The zero-order valence-electron chi connectivity index (χ0n) is 15.2. The molecule has 128 valence electrons. The first-order valence-corrected chi connectivity index (χ1v) is 10.1. The van der Waals surface area contributed by atoms with Crippen molar-refractivity contribution in [1.29, 1.82) is 0 Å². The lowest BCUT2D eigenvalue weighted by Crippen LogP contribution is -2.60. The van der Waals surface area contributed by atoms with Crippen LogP contribution >= 0.6 is 0 Å². The van der Waals surface area contributed by atoms with E-state index in [0.29, 0.717) is 5.41 Å². The average molecular weight is 307 g/mol. The van der Waals surface area contributed by atoms with E-state index in [-0.39, 0.29) is 0 Å². The van der Waals surface area contributed by atoms with E-state index in [9.17, 15) is 0 Å². The Morgan fingerprint density at radius 1 is 0.864 bits per heavy atom. The summed E-state index contributed by atoms with van der Waals surface area (Å²) in [5, 5.41) is 7.69. The predicted molar refractivity (Wildman–Crippen MR) is 95.1 cm³/mol. The van der Waals surface area contributed by atoms with Gasteiger partial charge in [-0.25, -0.2) is 0 Å². The summed E-state index contributed by atoms with van der Waals surface area (Å²) in [6, 6.07) is 1.56. The molecule has 0 unspecified atom stereocenters. The standard InChI is InChI=1S/C20H38N2/c1-15-18-13-16(20(18,2)3)14-19(15)22-12-11-21-17-9-7-5-4-6-8-10-17/h15-19,21-22H,4-14H2,1-3H3/t15-,16+,18-,19-/m0/s1. The largest absolute Gasteiger partial charge is 0.313 e. The fourth-order valence-corrected chi connectivity index (χ4v) is 5.61. The van der Waals surface area contributed by atoms with E-state index in [1.54, 1.807) is 0 Å². The zero-order valence-corrected chi connectivity index (χ0v) is 15.2. The van der Waals surface area contributed by atoms with E-state index < -0.39 is 0 Å². The minimum Gasteiger partial charge on any atom is -0.313 e. The lowest BCUT2D eigenvalue weighted by molar-refractivity contribution is -0.114. The topological polar surface area (TPSA) is 24.1 Å². The van der Waals surface area contributed by atoms with Crippen LogP contribution in [0, 0.1) is 23.2 Å². The minimum absolute atomic E-state index is 0.620. The summed E-state index contributed by atoms with van der Waals surface area (Å²) < 4.78 is 0. The Labute approximate surface area is 138 Å². The predicted octanol–water partition coefficient (Wildman–Crippen LogP) is 4.35. The smallest absolute Gasteiger partial charge is 0.00989 e. The first-order chi connectivity index (χ1) is 10.6. The molecule has 4 fully saturated rings. The van der Waals surface area contributed by atoms with E-state index >= 15 is 0 Å². The van der Waals surface area contributed by atoms with Gasteiger partial charge in [-0.15, -0.1) is 0 Å². The third kappa shape index (κ3) is 3.53. The molecule has 0 aromatic carbocycles. The molecule has 0 spiro atoms. The van der Waals surface area contributed by atoms with E-state index in [0.717, 1.165) is 42.9 Å². The van der Waals surface area contributed by atoms with Crippen LogP contribution in [0.3, 0.4) is 0 Å². The third-order valence-electron chi connectivity index (χ3n) is 7.42. The van der Waals surface area contributed by atoms with Gasteiger partial charge in [-0.3, -0.25) is 0 Å². The van der Waals surface area contributed by atoms with Crippen molar-refractivity contribution in [2.24, 2.45) is 23.2 Å². The van der Waals surface area contributed by atoms with Crippen LogP contribution < -0.4 is 10.6 Å². The van der Waals surface area contributed by atoms with Crippen molar-refractivity contribution < 1.29 is 0 Å². The van der Waals surface area contributed by atoms with Gasteiger partial charge in [0.05, 0.1) is 0 Å². The SMILES string of the molecule is C[C@@H]1[C@@H](NCCNC2CCCCCCC2)C[C@H]2C[C@@H]1C2(C)C. The third-order valence-corrected chi connectivity index (χ3v) is 7.42. The fourth-order valence-electron chi connectivity index (χ4n) is 5.61. The van der Waals surface area contributed by atoms with Crippen molar-refractivity contribution in [2.75, 3.05) is 13.1 Å². The molecule has 0 aliphatic heterocycles. The van der Waals surface area contributed by atoms with E-state index in [1.165, 1.54) is 57.8 Å². The van der Waals surface area contributed by atoms with Gasteiger partial charge in [-0.1, -0.05) is 52.9 Å². The van der Waals surface area contributed by atoms with E-state index in [2.05, 4.69) is 31.4 Å². The van der Waals surface area contributed by atoms with Gasteiger partial charge in [0.1, 0.15) is 0 Å². The molecule has 2 nitrogen and oxygen atoms in total. The molecule has 0 aromatic rings. The first kappa shape index (κ1) is 16.8. The molecular weight excluding hydrogens is 268 g/mol. The Morgan fingerprint density at radius 2 is 1.50 bits per heavy atom. The maximum absolute atomic E-state index is 3.88. The summed E-state index contributed by atoms with van der Waals surface area (Å²) in [7, 11) is 0. The van der Waals surface area contributed by atoms with Gasteiger partial charge in [0.2, 0.25) is 0 Å². The Balaban J connectivity index is 1.34. The minimum atomic E-state index is 0.620. The van der Waals surface area contributed by atoms with Crippen molar-refractivity contribution in [3.63, 3.8) is 0 Å². The van der Waals surface area contributed by atoms with Crippen molar-refractivity contribution in [2.45, 2.75) is 90.6 Å². The molecule has 2 bridgehead atoms. The summed E-state index contributed by atoms with van der Waals surface area (Å²) in [5.74, 6) is 2.80. The molecular formula is C20H38N2. The normalized spacial score (nSPS) is 38.9. The van der Waals surface area contributed by atoms with Crippen LogP contribution in [0.4, 0.5) is 0 Å². The van der Waals surface area contributed by atoms with Gasteiger partial charge in [-0.2, -0.15) is 0 Å². The highest BCUT2D eigenvalue weighted by atomic mass is 15.0. The highest BCUT2D eigenvalue weighted by molar-refractivity contribution is 5.06. The summed E-state index contributed by atoms with van der Waals surface area (Å²) >= 11 is 0. The van der Waals surface area contributed by atoms with E-state index in [1.807, 2.05) is 0 Å². The van der Waals surface area contributed by atoms with Crippen molar-refractivity contribution >= 4 is 0 Å². The van der Waals surface area contributed by atoms with Crippen molar-refractivity contribution in [1.82, 2.24) is 10.6 Å². The van der Waals surface area contributed by atoms with Gasteiger partial charge >= 0.3 is 0 Å². The summed E-state index contributed by atoms with van der Waals surface area (Å²) in [6.07, 6.45) is 12.9. The first-order valence-electron chi connectivity index (χ1n) is 10.1. The average Bonchev–Trinajstić information content (AvgIpc) is 2.46. The molecule has 4 aliphatic rings. The molecule has 0 radical (unpaired) electrons. The lowest BCUT2D eigenvalue weighted by atomic mass is 9.45. The summed E-state index contributed by atoms with van der Waals surface area (Å²) in [4.78, 5) is 0. The second-order valence-corrected chi connectivity index (χ2v) is 9.01. The molecule has 0 amide bonds. The highest BCUT2D eigenvalue weighted by Crippen LogP contribution is 2.61. The maximum atomic E-state index is 3.88. The molecule has 2 N–H and O–H groups in total. The molecule has 2 heteroatoms. The van der Waals surface area contributed by atoms with Crippen LogP contribution in [-0.2, 0) is 0 Å². The Hall–Kier alpha value is -0.0800. The monoisotopic (exact) mass is 306 g/mol. The fraction of sp³-hybridized carbons (Fsp3) is 1.00. The van der Waals surface area contributed by atoms with Gasteiger partial charge in [0.25, 0.3) is 0 Å². The second kappa shape index (κ2) is 7.21. The van der Waals surface area contributed by atoms with Gasteiger partial charge in [-0.05, 0) is 48.9 Å². The van der Waals surface area contributed by atoms with Crippen LogP contribution in [0.15, 0.2) is 0 Å². The molecule has 4 rings (SSSR count). The highest BCUT2D eigenvalue weighted by Gasteiger charge is 2.55. The molecule has 4 aliphatic carbocycles. The molecule has 4 atom stereocenters. The maximum Gasteiger partial charge on any atom is 0.00989 e. The van der Waals surface area contributed by atoms with Gasteiger partial charge < -0.3 is 10.6 Å². The molecule has 0 aromatic heterocycles. The number of hydrogen-bond acceptors (Lipinski definition) is 2. The quantitative estimate of drug-likeness (QED) is 0.738. The summed E-state index contributed by atoms with van der Waals surface area (Å²) in [6.45, 7) is 9.79. The molecule has 0 saturated heterocycles. The van der Waals surface area contributed by atoms with Crippen LogP contribution in [0.2, 0.25) is 0 Å². The number of fused-ring (bicyclic) bond motifs is 2. The van der Waals surface area contributed by atoms with Gasteiger partial charge in [0.15, 0.2) is 0 Å². The second-order valence-electron chi connectivity index (χ2n) is 9.01. The molecule has 4 saturated carbocycles. The number of hydrogen-bond donors (Lipinski definition) is 2. The number of nitrogens with one attached hydrogen (secondary N) is 2. The Morgan fingerprint density at radius 3 is 2.14 bits per heavy atom. The molecule has 0 heterocycles. The van der Waals surface area contributed by atoms with Crippen LogP contribution in [-0.4, -0.2) is 25.2 Å². The van der Waals surface area contributed by atoms with Gasteiger partial charge in [0, 0.05) is 25.2 Å². The lowest BCUT2D eigenvalue weighted by Gasteiger charge is -2.62. The van der Waals surface area contributed by atoms with Crippen molar-refractivity contribution in [3.8, 4) is 0 Å².